The second-order valence-corrected chi connectivity index (χ2v) is 8.21. The first-order valence-electron chi connectivity index (χ1n) is 10.8. The van der Waals surface area contributed by atoms with Crippen molar-refractivity contribution in [1.82, 2.24) is 10.3 Å². The molecule has 0 atom stereocenters. The van der Waals surface area contributed by atoms with Gasteiger partial charge in [0, 0.05) is 16.8 Å². The Morgan fingerprint density at radius 1 is 1.06 bits per heavy atom. The second kappa shape index (κ2) is 9.83. The monoisotopic (exact) mass is 459 g/mol. The van der Waals surface area contributed by atoms with Crippen LogP contribution in [0.4, 0.5) is 5.69 Å². The van der Waals surface area contributed by atoms with E-state index in [2.05, 4.69) is 15.6 Å². The Hall–Kier alpha value is -3.71. The molecule has 168 valence electrons. The fourth-order valence-electron chi connectivity index (χ4n) is 3.30. The third-order valence-electron chi connectivity index (χ3n) is 5.09. The Labute approximate surface area is 198 Å². The van der Waals surface area contributed by atoms with E-state index in [4.69, 9.17) is 21.4 Å². The lowest BCUT2D eigenvalue weighted by molar-refractivity contribution is 0.0977. The van der Waals surface area contributed by atoms with Crippen molar-refractivity contribution in [3.8, 4) is 17.2 Å². The van der Waals surface area contributed by atoms with Crippen molar-refractivity contribution in [2.45, 2.75) is 27.2 Å². The number of anilines is 1. The number of rotatable bonds is 6. The van der Waals surface area contributed by atoms with Gasteiger partial charge >= 0.3 is 0 Å². The number of hydrogen-bond donors (Lipinski definition) is 2. The smallest absolute Gasteiger partial charge is 0.257 e. The summed E-state index contributed by atoms with van der Waals surface area (Å²) in [6, 6.07) is 18.7. The molecule has 1 heterocycles. The molecule has 0 unspecified atom stereocenters. The van der Waals surface area contributed by atoms with Gasteiger partial charge in [-0.05, 0) is 92.1 Å². The summed E-state index contributed by atoms with van der Waals surface area (Å²) in [7, 11) is 0. The molecular formula is C26H25N3O3S. The maximum atomic E-state index is 12.6. The largest absolute Gasteiger partial charge is 0.494 e. The number of aryl methyl sites for hydroxylation is 2. The fraction of sp³-hybridized carbons (Fsp3) is 0.192. The van der Waals surface area contributed by atoms with Gasteiger partial charge in [-0.15, -0.1) is 0 Å². The number of oxazole rings is 1. The SMILES string of the molecule is CCCOc1ccc(C(=O)NC(=S)Nc2cc(-c3nc4cc(C)ccc4o3)ccc2C)cc1. The molecule has 0 bridgehead atoms. The molecule has 1 amide bonds. The van der Waals surface area contributed by atoms with E-state index in [9.17, 15) is 4.79 Å². The van der Waals surface area contributed by atoms with Crippen LogP contribution in [0, 0.1) is 13.8 Å². The summed E-state index contributed by atoms with van der Waals surface area (Å²) in [5.74, 6) is 0.965. The average molecular weight is 460 g/mol. The van der Waals surface area contributed by atoms with E-state index in [-0.39, 0.29) is 11.0 Å². The minimum Gasteiger partial charge on any atom is -0.494 e. The molecule has 0 fully saturated rings. The molecule has 4 aromatic rings. The zero-order valence-corrected chi connectivity index (χ0v) is 19.6. The molecule has 7 heteroatoms. The van der Waals surface area contributed by atoms with Crippen LogP contribution in [0.1, 0.15) is 34.8 Å². The van der Waals surface area contributed by atoms with Crippen molar-refractivity contribution in [2.75, 3.05) is 11.9 Å². The molecule has 3 aromatic carbocycles. The van der Waals surface area contributed by atoms with Crippen molar-refractivity contribution in [3.05, 3.63) is 77.4 Å². The molecule has 0 aliphatic carbocycles. The van der Waals surface area contributed by atoms with Crippen LogP contribution in [0.3, 0.4) is 0 Å². The molecule has 6 nitrogen and oxygen atoms in total. The molecule has 2 N–H and O–H groups in total. The summed E-state index contributed by atoms with van der Waals surface area (Å²) < 4.78 is 11.5. The Balaban J connectivity index is 1.45. The number of fused-ring (bicyclic) bond motifs is 1. The molecule has 0 aliphatic heterocycles. The van der Waals surface area contributed by atoms with Gasteiger partial charge in [0.2, 0.25) is 5.89 Å². The van der Waals surface area contributed by atoms with E-state index in [1.807, 2.05) is 57.2 Å². The van der Waals surface area contributed by atoms with E-state index in [1.54, 1.807) is 24.3 Å². The molecule has 0 spiro atoms. The van der Waals surface area contributed by atoms with Crippen molar-refractivity contribution in [2.24, 2.45) is 0 Å². The third kappa shape index (κ3) is 5.38. The normalized spacial score (nSPS) is 10.8. The number of nitrogens with zero attached hydrogens (tertiary/aromatic N) is 1. The molecule has 0 radical (unpaired) electrons. The molecular weight excluding hydrogens is 434 g/mol. The van der Waals surface area contributed by atoms with Crippen LogP contribution in [0.25, 0.3) is 22.6 Å². The highest BCUT2D eigenvalue weighted by molar-refractivity contribution is 7.80. The Kier molecular flexibility index (Phi) is 6.70. The van der Waals surface area contributed by atoms with Crippen LogP contribution < -0.4 is 15.4 Å². The number of nitrogens with one attached hydrogen (secondary N) is 2. The molecule has 4 rings (SSSR count). The second-order valence-electron chi connectivity index (χ2n) is 7.80. The van der Waals surface area contributed by atoms with Crippen LogP contribution in [0.5, 0.6) is 5.75 Å². The topological polar surface area (TPSA) is 76.4 Å². The van der Waals surface area contributed by atoms with E-state index in [0.717, 1.165) is 45.6 Å². The first kappa shape index (κ1) is 22.5. The quantitative estimate of drug-likeness (QED) is 0.343. The van der Waals surface area contributed by atoms with E-state index in [1.165, 1.54) is 0 Å². The average Bonchev–Trinajstić information content (AvgIpc) is 3.22. The van der Waals surface area contributed by atoms with Crippen LogP contribution >= 0.6 is 12.2 Å². The van der Waals surface area contributed by atoms with Crippen LogP contribution in [-0.4, -0.2) is 22.6 Å². The first-order chi connectivity index (χ1) is 15.9. The standard InChI is InChI=1S/C26H25N3O3S/c1-4-13-31-20-10-8-18(9-11-20)24(30)29-26(33)28-21-15-19(7-6-17(21)3)25-27-22-14-16(2)5-12-23(22)32-25/h5-12,14-15H,4,13H2,1-3H3,(H2,28,29,30,33). The van der Waals surface area contributed by atoms with E-state index in [0.29, 0.717) is 18.1 Å². The minimum absolute atomic E-state index is 0.208. The van der Waals surface area contributed by atoms with Gasteiger partial charge in [0.25, 0.3) is 5.91 Å². The van der Waals surface area contributed by atoms with Gasteiger partial charge in [-0.2, -0.15) is 0 Å². The predicted octanol–water partition coefficient (Wildman–Crippen LogP) is 6.03. The van der Waals surface area contributed by atoms with E-state index >= 15 is 0 Å². The van der Waals surface area contributed by atoms with Gasteiger partial charge in [-0.25, -0.2) is 4.98 Å². The number of amides is 1. The predicted molar refractivity (Wildman–Crippen MR) is 135 cm³/mol. The highest BCUT2D eigenvalue weighted by Crippen LogP contribution is 2.28. The lowest BCUT2D eigenvalue weighted by Crippen LogP contribution is -2.34. The lowest BCUT2D eigenvalue weighted by atomic mass is 10.1. The first-order valence-corrected chi connectivity index (χ1v) is 11.2. The van der Waals surface area contributed by atoms with Crippen molar-refractivity contribution in [3.63, 3.8) is 0 Å². The Morgan fingerprint density at radius 2 is 1.85 bits per heavy atom. The summed E-state index contributed by atoms with van der Waals surface area (Å²) >= 11 is 5.37. The number of thiocarbonyl (C=S) groups is 1. The van der Waals surface area contributed by atoms with Gasteiger partial charge in [0.05, 0.1) is 6.61 Å². The van der Waals surface area contributed by atoms with Gasteiger partial charge in [0.15, 0.2) is 10.7 Å². The van der Waals surface area contributed by atoms with Gasteiger partial charge in [0.1, 0.15) is 11.3 Å². The number of carbonyl (C=O) groups excluding carboxylic acids is 1. The minimum atomic E-state index is -0.294. The summed E-state index contributed by atoms with van der Waals surface area (Å²) in [6.07, 6.45) is 0.925. The van der Waals surface area contributed by atoms with Crippen LogP contribution in [0.15, 0.2) is 65.1 Å². The van der Waals surface area contributed by atoms with Crippen LogP contribution in [-0.2, 0) is 0 Å². The highest BCUT2D eigenvalue weighted by atomic mass is 32.1. The molecule has 0 saturated heterocycles. The zero-order valence-electron chi connectivity index (χ0n) is 18.8. The molecule has 1 aromatic heterocycles. The number of hydrogen-bond acceptors (Lipinski definition) is 5. The number of aromatic nitrogens is 1. The van der Waals surface area contributed by atoms with Gasteiger partial charge in [-0.1, -0.05) is 19.1 Å². The van der Waals surface area contributed by atoms with Crippen molar-refractivity contribution < 1.29 is 13.9 Å². The lowest BCUT2D eigenvalue weighted by Gasteiger charge is -2.13. The maximum absolute atomic E-state index is 12.6. The summed E-state index contributed by atoms with van der Waals surface area (Å²) in [5, 5.41) is 6.04. The van der Waals surface area contributed by atoms with Crippen molar-refractivity contribution >= 4 is 40.0 Å². The van der Waals surface area contributed by atoms with Crippen molar-refractivity contribution in [1.29, 1.82) is 0 Å². The number of benzene rings is 3. The molecule has 0 saturated carbocycles. The maximum Gasteiger partial charge on any atom is 0.257 e. The number of ether oxygens (including phenoxy) is 1. The fourth-order valence-corrected chi connectivity index (χ4v) is 3.50. The molecule has 33 heavy (non-hydrogen) atoms. The van der Waals surface area contributed by atoms with Gasteiger partial charge in [-0.3, -0.25) is 10.1 Å². The Bertz CT molecular complexity index is 1310. The summed E-state index contributed by atoms with van der Waals surface area (Å²) in [5.41, 5.74) is 5.72. The number of carbonyl (C=O) groups is 1. The summed E-state index contributed by atoms with van der Waals surface area (Å²) in [4.78, 5) is 17.2. The highest BCUT2D eigenvalue weighted by Gasteiger charge is 2.13. The summed E-state index contributed by atoms with van der Waals surface area (Å²) in [6.45, 7) is 6.66. The Morgan fingerprint density at radius 3 is 2.61 bits per heavy atom. The van der Waals surface area contributed by atoms with Gasteiger partial charge < -0.3 is 14.5 Å². The zero-order chi connectivity index (χ0) is 23.4. The van der Waals surface area contributed by atoms with E-state index < -0.39 is 0 Å². The molecule has 0 aliphatic rings. The van der Waals surface area contributed by atoms with Crippen LogP contribution in [0.2, 0.25) is 0 Å². The third-order valence-corrected chi connectivity index (χ3v) is 5.30.